The molecular weight excluding hydrogens is 313 g/mol. The highest BCUT2D eigenvalue weighted by Crippen LogP contribution is 2.26. The van der Waals surface area contributed by atoms with E-state index < -0.39 is 6.10 Å². The van der Waals surface area contributed by atoms with Crippen molar-refractivity contribution in [3.63, 3.8) is 0 Å². The molecular formula is C14H15Cl2N3O2. The van der Waals surface area contributed by atoms with Crippen molar-refractivity contribution in [2.45, 2.75) is 19.4 Å². The quantitative estimate of drug-likeness (QED) is 0.790. The first-order chi connectivity index (χ1) is 9.99. The number of aryl methyl sites for hydroxylation is 1. The van der Waals surface area contributed by atoms with E-state index in [1.54, 1.807) is 25.1 Å². The van der Waals surface area contributed by atoms with Crippen molar-refractivity contribution in [2.75, 3.05) is 6.54 Å². The first-order valence-corrected chi connectivity index (χ1v) is 7.16. The SMILES string of the molecule is Cc1[nH]ncc1C(=O)NCC[C@@H](O)c1ccc(Cl)c(Cl)c1. The minimum atomic E-state index is -0.717. The number of amides is 1. The van der Waals surface area contributed by atoms with Crippen molar-refractivity contribution in [2.24, 2.45) is 0 Å². The number of hydrogen-bond acceptors (Lipinski definition) is 3. The first-order valence-electron chi connectivity index (χ1n) is 6.40. The zero-order valence-corrected chi connectivity index (χ0v) is 12.9. The van der Waals surface area contributed by atoms with Gasteiger partial charge in [-0.3, -0.25) is 9.89 Å². The third-order valence-corrected chi connectivity index (χ3v) is 3.85. The highest BCUT2D eigenvalue weighted by Gasteiger charge is 2.13. The second-order valence-electron chi connectivity index (χ2n) is 4.64. The van der Waals surface area contributed by atoms with Gasteiger partial charge < -0.3 is 10.4 Å². The minimum absolute atomic E-state index is 0.220. The summed E-state index contributed by atoms with van der Waals surface area (Å²) in [6.07, 6.45) is 1.13. The van der Waals surface area contributed by atoms with E-state index in [9.17, 15) is 9.90 Å². The average molecular weight is 328 g/mol. The van der Waals surface area contributed by atoms with Gasteiger partial charge in [-0.05, 0) is 31.0 Å². The van der Waals surface area contributed by atoms with E-state index in [1.807, 2.05) is 0 Å². The number of halogens is 2. The number of rotatable bonds is 5. The predicted molar refractivity (Wildman–Crippen MR) is 81.7 cm³/mol. The number of hydrogen-bond donors (Lipinski definition) is 3. The number of aliphatic hydroxyl groups is 1. The zero-order valence-electron chi connectivity index (χ0n) is 11.4. The van der Waals surface area contributed by atoms with Crippen LogP contribution in [0.25, 0.3) is 0 Å². The Labute approximate surface area is 132 Å². The molecule has 1 amide bonds. The minimum Gasteiger partial charge on any atom is -0.388 e. The predicted octanol–water partition coefficient (Wildman–Crippen LogP) is 2.88. The van der Waals surface area contributed by atoms with Gasteiger partial charge in [0, 0.05) is 12.2 Å². The highest BCUT2D eigenvalue weighted by molar-refractivity contribution is 6.42. The van der Waals surface area contributed by atoms with E-state index in [0.717, 1.165) is 0 Å². The Balaban J connectivity index is 1.87. The summed E-state index contributed by atoms with van der Waals surface area (Å²) in [5.41, 5.74) is 1.87. The number of H-pyrrole nitrogens is 1. The maximum atomic E-state index is 11.9. The Morgan fingerprint density at radius 3 is 2.81 bits per heavy atom. The molecule has 0 spiro atoms. The van der Waals surface area contributed by atoms with Crippen LogP contribution in [0.3, 0.4) is 0 Å². The van der Waals surface area contributed by atoms with Crippen molar-refractivity contribution < 1.29 is 9.90 Å². The Morgan fingerprint density at radius 1 is 1.43 bits per heavy atom. The zero-order chi connectivity index (χ0) is 15.4. The lowest BCUT2D eigenvalue weighted by Crippen LogP contribution is -2.25. The van der Waals surface area contributed by atoms with Gasteiger partial charge in [-0.2, -0.15) is 5.10 Å². The molecule has 0 aliphatic carbocycles. The number of carbonyl (C=O) groups excluding carboxylic acids is 1. The number of aromatic amines is 1. The van der Waals surface area contributed by atoms with Crippen LogP contribution in [-0.4, -0.2) is 27.8 Å². The van der Waals surface area contributed by atoms with Crippen molar-refractivity contribution in [1.82, 2.24) is 15.5 Å². The van der Waals surface area contributed by atoms with Crippen LogP contribution in [0.1, 0.15) is 34.1 Å². The summed E-state index contributed by atoms with van der Waals surface area (Å²) >= 11 is 11.7. The van der Waals surface area contributed by atoms with Crippen molar-refractivity contribution in [1.29, 1.82) is 0 Å². The summed E-state index contributed by atoms with van der Waals surface area (Å²) in [6, 6.07) is 4.97. The standard InChI is InChI=1S/C14H15Cl2N3O2/c1-8-10(7-18-19-8)14(21)17-5-4-13(20)9-2-3-11(15)12(16)6-9/h2-3,6-7,13,20H,4-5H2,1H3,(H,17,21)(H,18,19)/t13-/m1/s1. The van der Waals surface area contributed by atoms with Gasteiger partial charge in [0.15, 0.2) is 0 Å². The second kappa shape index (κ2) is 6.93. The molecule has 21 heavy (non-hydrogen) atoms. The van der Waals surface area contributed by atoms with Crippen LogP contribution in [-0.2, 0) is 0 Å². The fourth-order valence-corrected chi connectivity index (χ4v) is 2.19. The molecule has 0 saturated carbocycles. The van der Waals surface area contributed by atoms with Gasteiger partial charge in [0.2, 0.25) is 0 Å². The van der Waals surface area contributed by atoms with Gasteiger partial charge in [-0.25, -0.2) is 0 Å². The highest BCUT2D eigenvalue weighted by atomic mass is 35.5. The number of aromatic nitrogens is 2. The fourth-order valence-electron chi connectivity index (χ4n) is 1.88. The Kier molecular flexibility index (Phi) is 5.22. The molecule has 7 heteroatoms. The van der Waals surface area contributed by atoms with Crippen LogP contribution >= 0.6 is 23.2 Å². The van der Waals surface area contributed by atoms with E-state index in [1.165, 1.54) is 6.20 Å². The van der Waals surface area contributed by atoms with Crippen molar-refractivity contribution in [3.05, 3.63) is 51.3 Å². The average Bonchev–Trinajstić information content (AvgIpc) is 2.88. The molecule has 0 aliphatic heterocycles. The van der Waals surface area contributed by atoms with E-state index in [0.29, 0.717) is 39.8 Å². The topological polar surface area (TPSA) is 78.0 Å². The van der Waals surface area contributed by atoms with Crippen LogP contribution in [0.15, 0.2) is 24.4 Å². The number of nitrogens with zero attached hydrogens (tertiary/aromatic N) is 1. The van der Waals surface area contributed by atoms with Crippen LogP contribution in [0.2, 0.25) is 10.0 Å². The molecule has 3 N–H and O–H groups in total. The Bertz CT molecular complexity index is 643. The maximum absolute atomic E-state index is 11.9. The molecule has 0 bridgehead atoms. The smallest absolute Gasteiger partial charge is 0.254 e. The number of carbonyl (C=O) groups is 1. The molecule has 1 aromatic heterocycles. The van der Waals surface area contributed by atoms with E-state index in [4.69, 9.17) is 23.2 Å². The number of nitrogens with one attached hydrogen (secondary N) is 2. The maximum Gasteiger partial charge on any atom is 0.254 e. The largest absolute Gasteiger partial charge is 0.388 e. The van der Waals surface area contributed by atoms with Gasteiger partial charge in [0.05, 0.1) is 27.9 Å². The van der Waals surface area contributed by atoms with E-state index in [-0.39, 0.29) is 5.91 Å². The molecule has 1 atom stereocenters. The normalized spacial score (nSPS) is 12.2. The summed E-state index contributed by atoms with van der Waals surface area (Å²) in [7, 11) is 0. The summed E-state index contributed by atoms with van der Waals surface area (Å²) in [6.45, 7) is 2.11. The molecule has 1 heterocycles. The third kappa shape index (κ3) is 3.97. The lowest BCUT2D eigenvalue weighted by Gasteiger charge is -2.12. The van der Waals surface area contributed by atoms with Crippen LogP contribution < -0.4 is 5.32 Å². The van der Waals surface area contributed by atoms with Crippen molar-refractivity contribution in [3.8, 4) is 0 Å². The van der Waals surface area contributed by atoms with Gasteiger partial charge in [-0.1, -0.05) is 29.3 Å². The third-order valence-electron chi connectivity index (χ3n) is 3.11. The molecule has 1 aromatic carbocycles. The molecule has 2 rings (SSSR count). The summed E-state index contributed by atoms with van der Waals surface area (Å²) < 4.78 is 0. The lowest BCUT2D eigenvalue weighted by atomic mass is 10.1. The van der Waals surface area contributed by atoms with Gasteiger partial charge in [0.25, 0.3) is 5.91 Å². The number of benzene rings is 1. The fraction of sp³-hybridized carbons (Fsp3) is 0.286. The molecule has 112 valence electrons. The molecule has 0 radical (unpaired) electrons. The lowest BCUT2D eigenvalue weighted by molar-refractivity contribution is 0.0942. The molecule has 0 aliphatic rings. The summed E-state index contributed by atoms with van der Waals surface area (Å²) in [4.78, 5) is 11.9. The molecule has 0 unspecified atom stereocenters. The first kappa shape index (κ1) is 15.8. The molecule has 0 saturated heterocycles. The monoisotopic (exact) mass is 327 g/mol. The number of aliphatic hydroxyl groups excluding tert-OH is 1. The van der Waals surface area contributed by atoms with E-state index >= 15 is 0 Å². The van der Waals surface area contributed by atoms with Crippen molar-refractivity contribution >= 4 is 29.1 Å². The Morgan fingerprint density at radius 2 is 2.19 bits per heavy atom. The summed E-state index contributed by atoms with van der Waals surface area (Å²) in [5, 5.41) is 20.1. The van der Waals surface area contributed by atoms with Gasteiger partial charge in [-0.15, -0.1) is 0 Å². The molecule has 0 fully saturated rings. The van der Waals surface area contributed by atoms with Crippen LogP contribution in [0, 0.1) is 6.92 Å². The molecule has 5 nitrogen and oxygen atoms in total. The summed E-state index contributed by atoms with van der Waals surface area (Å²) in [5.74, 6) is -0.220. The van der Waals surface area contributed by atoms with Crippen LogP contribution in [0.5, 0.6) is 0 Å². The molecule has 2 aromatic rings. The van der Waals surface area contributed by atoms with Crippen LogP contribution in [0.4, 0.5) is 0 Å². The Hall–Kier alpha value is -1.56. The second-order valence-corrected chi connectivity index (χ2v) is 5.46. The van der Waals surface area contributed by atoms with E-state index in [2.05, 4.69) is 15.5 Å². The van der Waals surface area contributed by atoms with Gasteiger partial charge in [0.1, 0.15) is 0 Å². The van der Waals surface area contributed by atoms with Gasteiger partial charge >= 0.3 is 0 Å².